The van der Waals surface area contributed by atoms with E-state index in [2.05, 4.69) is 22.3 Å². The van der Waals surface area contributed by atoms with Crippen molar-refractivity contribution in [2.24, 2.45) is 0 Å². The molecule has 2 fully saturated rings. The molecule has 0 spiro atoms. The maximum Gasteiger partial charge on any atom is 0.270 e. The minimum absolute atomic E-state index is 0.0765. The Morgan fingerprint density at radius 1 is 0.933 bits per heavy atom. The summed E-state index contributed by atoms with van der Waals surface area (Å²) in [7, 11) is 0. The molecule has 2 heterocycles. The van der Waals surface area contributed by atoms with E-state index in [-0.39, 0.29) is 10.7 Å². The highest BCUT2D eigenvalue weighted by atomic mass is 32.1. The Morgan fingerprint density at radius 3 is 2.30 bits per heavy atom. The molecule has 2 amide bonds. The minimum Gasteiger partial charge on any atom is -0.372 e. The van der Waals surface area contributed by atoms with Crippen LogP contribution in [0.2, 0.25) is 0 Å². The van der Waals surface area contributed by atoms with Crippen molar-refractivity contribution in [3.05, 3.63) is 65.2 Å². The standard InChI is InChI=1S/C24H25N3O2S/c1-17-7-6-8-20(15-17)27-23(29)21(22(28)25-24(27)30)16-18-9-11-19(12-10-18)26-13-4-2-3-5-14-26/h6-12,15-16H,2-5,13-14H2,1H3,(H,25,28,30)/b21-16+. The van der Waals surface area contributed by atoms with Crippen LogP contribution in [0, 0.1) is 6.92 Å². The first kappa shape index (κ1) is 20.3. The molecule has 2 aliphatic heterocycles. The zero-order valence-electron chi connectivity index (χ0n) is 17.1. The molecule has 2 aliphatic rings. The van der Waals surface area contributed by atoms with Gasteiger partial charge in [0.1, 0.15) is 5.57 Å². The van der Waals surface area contributed by atoms with Crippen molar-refractivity contribution >= 4 is 46.6 Å². The van der Waals surface area contributed by atoms with E-state index >= 15 is 0 Å². The molecule has 0 radical (unpaired) electrons. The summed E-state index contributed by atoms with van der Waals surface area (Å²) < 4.78 is 0. The molecule has 2 aromatic carbocycles. The first-order chi connectivity index (χ1) is 14.5. The monoisotopic (exact) mass is 419 g/mol. The van der Waals surface area contributed by atoms with E-state index in [1.807, 2.05) is 43.3 Å². The number of carbonyl (C=O) groups excluding carboxylic acids is 2. The van der Waals surface area contributed by atoms with Gasteiger partial charge in [-0.05, 0) is 73.5 Å². The molecule has 4 rings (SSSR count). The van der Waals surface area contributed by atoms with E-state index in [0.717, 1.165) is 24.2 Å². The summed E-state index contributed by atoms with van der Waals surface area (Å²) >= 11 is 5.26. The summed E-state index contributed by atoms with van der Waals surface area (Å²) in [4.78, 5) is 29.4. The van der Waals surface area contributed by atoms with E-state index in [4.69, 9.17) is 12.2 Å². The van der Waals surface area contributed by atoms with E-state index in [9.17, 15) is 9.59 Å². The lowest BCUT2D eigenvalue weighted by Crippen LogP contribution is -2.54. The number of benzene rings is 2. The van der Waals surface area contributed by atoms with Gasteiger partial charge in [-0.1, -0.05) is 37.1 Å². The van der Waals surface area contributed by atoms with Gasteiger partial charge in [-0.25, -0.2) is 0 Å². The quantitative estimate of drug-likeness (QED) is 0.460. The number of hydrogen-bond acceptors (Lipinski definition) is 4. The van der Waals surface area contributed by atoms with Crippen LogP contribution in [0.1, 0.15) is 36.8 Å². The predicted molar refractivity (Wildman–Crippen MR) is 125 cm³/mol. The zero-order valence-corrected chi connectivity index (χ0v) is 17.9. The Bertz CT molecular complexity index is 1010. The molecule has 0 bridgehead atoms. The maximum absolute atomic E-state index is 13.1. The van der Waals surface area contributed by atoms with Gasteiger partial charge < -0.3 is 4.90 Å². The van der Waals surface area contributed by atoms with E-state index in [1.54, 1.807) is 6.08 Å². The largest absolute Gasteiger partial charge is 0.372 e. The fourth-order valence-electron chi connectivity index (χ4n) is 3.94. The van der Waals surface area contributed by atoms with Crippen LogP contribution in [0.3, 0.4) is 0 Å². The number of hydrogen-bond donors (Lipinski definition) is 1. The summed E-state index contributed by atoms with van der Waals surface area (Å²) in [5.74, 6) is -0.878. The second-order valence-electron chi connectivity index (χ2n) is 7.79. The zero-order chi connectivity index (χ0) is 21.1. The Balaban J connectivity index is 1.59. The molecule has 154 valence electrons. The van der Waals surface area contributed by atoms with Gasteiger partial charge in [0.05, 0.1) is 5.69 Å². The average molecular weight is 420 g/mol. The van der Waals surface area contributed by atoms with Gasteiger partial charge in [0.2, 0.25) is 0 Å². The van der Waals surface area contributed by atoms with Crippen molar-refractivity contribution in [1.29, 1.82) is 0 Å². The molecule has 5 nitrogen and oxygen atoms in total. The van der Waals surface area contributed by atoms with Crippen LogP contribution in [0.15, 0.2) is 54.1 Å². The second-order valence-corrected chi connectivity index (χ2v) is 8.18. The summed E-state index contributed by atoms with van der Waals surface area (Å²) in [6.45, 7) is 4.09. The molecule has 0 saturated carbocycles. The third-order valence-corrected chi connectivity index (χ3v) is 5.82. The molecule has 1 N–H and O–H groups in total. The Morgan fingerprint density at radius 2 is 1.63 bits per heavy atom. The Kier molecular flexibility index (Phi) is 5.95. The van der Waals surface area contributed by atoms with Crippen molar-refractivity contribution in [2.45, 2.75) is 32.6 Å². The fourth-order valence-corrected chi connectivity index (χ4v) is 4.22. The van der Waals surface area contributed by atoms with Crippen LogP contribution >= 0.6 is 12.2 Å². The maximum atomic E-state index is 13.1. The van der Waals surface area contributed by atoms with Gasteiger partial charge in [0.25, 0.3) is 11.8 Å². The average Bonchev–Trinajstić information content (AvgIpc) is 3.01. The first-order valence-electron chi connectivity index (χ1n) is 10.4. The van der Waals surface area contributed by atoms with Crippen LogP contribution in [-0.2, 0) is 9.59 Å². The van der Waals surface area contributed by atoms with Gasteiger partial charge in [0.15, 0.2) is 5.11 Å². The highest BCUT2D eigenvalue weighted by Gasteiger charge is 2.34. The lowest BCUT2D eigenvalue weighted by molar-refractivity contribution is -0.122. The topological polar surface area (TPSA) is 52.7 Å². The number of aryl methyl sites for hydroxylation is 1. The Hall–Kier alpha value is -2.99. The lowest BCUT2D eigenvalue weighted by Gasteiger charge is -2.29. The normalized spacial score (nSPS) is 19.1. The molecular weight excluding hydrogens is 394 g/mol. The van der Waals surface area contributed by atoms with Crippen molar-refractivity contribution < 1.29 is 9.59 Å². The Labute approximate surface area is 182 Å². The van der Waals surface area contributed by atoms with E-state index in [0.29, 0.717) is 5.69 Å². The molecular formula is C24H25N3O2S. The third-order valence-electron chi connectivity index (χ3n) is 5.54. The van der Waals surface area contributed by atoms with Gasteiger partial charge >= 0.3 is 0 Å². The first-order valence-corrected chi connectivity index (χ1v) is 10.8. The molecule has 2 saturated heterocycles. The lowest BCUT2D eigenvalue weighted by atomic mass is 10.1. The van der Waals surface area contributed by atoms with Gasteiger partial charge in [-0.2, -0.15) is 0 Å². The third kappa shape index (κ3) is 4.28. The van der Waals surface area contributed by atoms with Gasteiger partial charge in [0, 0.05) is 18.8 Å². The fraction of sp³-hybridized carbons (Fsp3) is 0.292. The summed E-state index contributed by atoms with van der Waals surface area (Å²) in [5, 5.41) is 2.74. The minimum atomic E-state index is -0.467. The molecule has 0 unspecified atom stereocenters. The van der Waals surface area contributed by atoms with Gasteiger partial charge in [-0.15, -0.1) is 0 Å². The summed E-state index contributed by atoms with van der Waals surface area (Å²) in [6.07, 6.45) is 6.65. The number of amides is 2. The number of carbonyl (C=O) groups is 2. The molecule has 2 aromatic rings. The van der Waals surface area contributed by atoms with E-state index in [1.165, 1.54) is 36.3 Å². The second kappa shape index (κ2) is 8.79. The summed E-state index contributed by atoms with van der Waals surface area (Å²) in [5.41, 5.74) is 3.72. The number of thiocarbonyl (C=S) groups is 1. The van der Waals surface area contributed by atoms with Crippen molar-refractivity contribution in [1.82, 2.24) is 5.32 Å². The smallest absolute Gasteiger partial charge is 0.270 e. The van der Waals surface area contributed by atoms with Gasteiger partial charge in [-0.3, -0.25) is 19.8 Å². The molecule has 0 atom stereocenters. The van der Waals surface area contributed by atoms with Crippen LogP contribution in [0.25, 0.3) is 6.08 Å². The predicted octanol–water partition coefficient (Wildman–Crippen LogP) is 4.21. The molecule has 0 aromatic heterocycles. The molecule has 30 heavy (non-hydrogen) atoms. The number of rotatable bonds is 3. The highest BCUT2D eigenvalue weighted by molar-refractivity contribution is 7.80. The molecule has 6 heteroatoms. The molecule has 0 aliphatic carbocycles. The number of nitrogens with one attached hydrogen (secondary N) is 1. The number of anilines is 2. The van der Waals surface area contributed by atoms with Crippen molar-refractivity contribution in [3.63, 3.8) is 0 Å². The van der Waals surface area contributed by atoms with Crippen LogP contribution in [-0.4, -0.2) is 30.0 Å². The highest BCUT2D eigenvalue weighted by Crippen LogP contribution is 2.24. The van der Waals surface area contributed by atoms with Crippen LogP contribution < -0.4 is 15.1 Å². The summed E-state index contributed by atoms with van der Waals surface area (Å²) in [6, 6.07) is 15.5. The van der Waals surface area contributed by atoms with Crippen molar-refractivity contribution in [3.8, 4) is 0 Å². The SMILES string of the molecule is Cc1cccc(N2C(=O)/C(=C/c3ccc(N4CCCCCC4)cc3)C(=O)NC2=S)c1. The van der Waals surface area contributed by atoms with Crippen LogP contribution in [0.5, 0.6) is 0 Å². The van der Waals surface area contributed by atoms with Crippen molar-refractivity contribution in [2.75, 3.05) is 22.9 Å². The van der Waals surface area contributed by atoms with E-state index < -0.39 is 11.8 Å². The number of nitrogens with zero attached hydrogens (tertiary/aromatic N) is 2. The van der Waals surface area contributed by atoms with Crippen LogP contribution in [0.4, 0.5) is 11.4 Å².